The number of alkyl carbamates (subject to hydrolysis) is 1. The Labute approximate surface area is 153 Å². The molecule has 8 nitrogen and oxygen atoms in total. The largest absolute Gasteiger partial charge is 0.444 e. The number of hydrogen-bond acceptors (Lipinski definition) is 6. The Kier molecular flexibility index (Phi) is 6.03. The fourth-order valence-corrected chi connectivity index (χ4v) is 2.71. The summed E-state index contributed by atoms with van der Waals surface area (Å²) in [6.45, 7) is 8.21. The normalized spacial score (nSPS) is 18.0. The van der Waals surface area contributed by atoms with Crippen molar-refractivity contribution in [2.45, 2.75) is 51.8 Å². The van der Waals surface area contributed by atoms with Gasteiger partial charge in [0.05, 0.1) is 5.69 Å². The molecule has 140 valence electrons. The summed E-state index contributed by atoms with van der Waals surface area (Å²) in [5.41, 5.74) is 0.528. The van der Waals surface area contributed by atoms with Crippen LogP contribution in [-0.4, -0.2) is 47.8 Å². The first-order valence-electron chi connectivity index (χ1n) is 8.59. The number of nitrogens with one attached hydrogen (secondary N) is 2. The standard InChI is InChI=1S/C18H25N5O3/c1-12(21-17(25)26-18(2,3)4)16(24)22-13-7-9-23(11-13)15-6-5-8-20-14(15)10-19/h5-6,8,12-13H,7,9,11H2,1-4H3,(H,21,25)(H,22,24)/t12-,13-/m0/s1. The maximum absolute atomic E-state index is 12.3. The zero-order valence-corrected chi connectivity index (χ0v) is 15.6. The molecule has 0 spiro atoms. The van der Waals surface area contributed by atoms with Crippen LogP contribution in [0.4, 0.5) is 10.5 Å². The van der Waals surface area contributed by atoms with Gasteiger partial charge in [-0.05, 0) is 46.2 Å². The lowest BCUT2D eigenvalue weighted by atomic mass is 10.2. The first kappa shape index (κ1) is 19.5. The van der Waals surface area contributed by atoms with E-state index in [2.05, 4.69) is 21.7 Å². The summed E-state index contributed by atoms with van der Waals surface area (Å²) in [7, 11) is 0. The average molecular weight is 359 g/mol. The number of hydrogen-bond donors (Lipinski definition) is 2. The Morgan fingerprint density at radius 3 is 2.85 bits per heavy atom. The zero-order valence-electron chi connectivity index (χ0n) is 15.6. The molecule has 1 fully saturated rings. The van der Waals surface area contributed by atoms with E-state index in [1.165, 1.54) is 0 Å². The van der Waals surface area contributed by atoms with Crippen molar-refractivity contribution in [1.82, 2.24) is 15.6 Å². The second kappa shape index (κ2) is 8.04. The number of nitrogens with zero attached hydrogens (tertiary/aromatic N) is 3. The third-order valence-electron chi connectivity index (χ3n) is 3.89. The average Bonchev–Trinajstić information content (AvgIpc) is 3.01. The van der Waals surface area contributed by atoms with E-state index >= 15 is 0 Å². The molecule has 1 aromatic rings. The predicted octanol–water partition coefficient (Wildman–Crippen LogP) is 1.56. The second-order valence-electron chi connectivity index (χ2n) is 7.29. The van der Waals surface area contributed by atoms with Crippen LogP contribution in [0.3, 0.4) is 0 Å². The highest BCUT2D eigenvalue weighted by Gasteiger charge is 2.28. The lowest BCUT2D eigenvalue weighted by Gasteiger charge is -2.23. The number of pyridine rings is 1. The molecule has 1 aliphatic rings. The van der Waals surface area contributed by atoms with E-state index in [0.29, 0.717) is 12.2 Å². The van der Waals surface area contributed by atoms with Crippen LogP contribution in [0.15, 0.2) is 18.3 Å². The van der Waals surface area contributed by atoms with E-state index in [0.717, 1.165) is 18.7 Å². The molecule has 2 rings (SSSR count). The lowest BCUT2D eigenvalue weighted by Crippen LogP contribution is -2.49. The Hall–Kier alpha value is -2.82. The molecule has 8 heteroatoms. The van der Waals surface area contributed by atoms with E-state index in [1.54, 1.807) is 40.0 Å². The third kappa shape index (κ3) is 5.34. The van der Waals surface area contributed by atoms with Crippen LogP contribution in [0.1, 0.15) is 39.8 Å². The minimum Gasteiger partial charge on any atom is -0.444 e. The number of aromatic nitrogens is 1. The van der Waals surface area contributed by atoms with Crippen LogP contribution in [0, 0.1) is 11.3 Å². The van der Waals surface area contributed by atoms with Crippen molar-refractivity contribution < 1.29 is 14.3 Å². The van der Waals surface area contributed by atoms with Gasteiger partial charge in [-0.2, -0.15) is 5.26 Å². The van der Waals surface area contributed by atoms with E-state index in [-0.39, 0.29) is 11.9 Å². The molecule has 0 unspecified atom stereocenters. The number of ether oxygens (including phenoxy) is 1. The third-order valence-corrected chi connectivity index (χ3v) is 3.89. The van der Waals surface area contributed by atoms with Crippen LogP contribution in [-0.2, 0) is 9.53 Å². The highest BCUT2D eigenvalue weighted by molar-refractivity contribution is 5.85. The summed E-state index contributed by atoms with van der Waals surface area (Å²) in [5.74, 6) is -0.269. The summed E-state index contributed by atoms with van der Waals surface area (Å²) >= 11 is 0. The second-order valence-corrected chi connectivity index (χ2v) is 7.29. The van der Waals surface area contributed by atoms with Crippen molar-refractivity contribution in [2.75, 3.05) is 18.0 Å². The van der Waals surface area contributed by atoms with Crippen LogP contribution >= 0.6 is 0 Å². The smallest absolute Gasteiger partial charge is 0.408 e. The zero-order chi connectivity index (χ0) is 19.3. The van der Waals surface area contributed by atoms with Gasteiger partial charge in [-0.3, -0.25) is 4.79 Å². The van der Waals surface area contributed by atoms with Gasteiger partial charge in [0.1, 0.15) is 17.7 Å². The van der Waals surface area contributed by atoms with Crippen LogP contribution in [0.5, 0.6) is 0 Å². The van der Waals surface area contributed by atoms with Crippen LogP contribution < -0.4 is 15.5 Å². The van der Waals surface area contributed by atoms with Gasteiger partial charge < -0.3 is 20.3 Å². The molecule has 1 aromatic heterocycles. The number of amides is 2. The molecule has 2 heterocycles. The summed E-state index contributed by atoms with van der Waals surface area (Å²) in [6.07, 6.45) is 1.72. The van der Waals surface area contributed by atoms with E-state index < -0.39 is 17.7 Å². The number of nitriles is 1. The monoisotopic (exact) mass is 359 g/mol. The van der Waals surface area contributed by atoms with Gasteiger partial charge in [-0.15, -0.1) is 0 Å². The van der Waals surface area contributed by atoms with Crippen LogP contribution in [0.25, 0.3) is 0 Å². The Morgan fingerprint density at radius 1 is 1.46 bits per heavy atom. The Morgan fingerprint density at radius 2 is 2.19 bits per heavy atom. The van der Waals surface area contributed by atoms with E-state index in [9.17, 15) is 9.59 Å². The molecular formula is C18H25N5O3. The van der Waals surface area contributed by atoms with E-state index in [4.69, 9.17) is 10.00 Å². The molecule has 0 aromatic carbocycles. The molecule has 1 aliphatic heterocycles. The van der Waals surface area contributed by atoms with Crippen molar-refractivity contribution >= 4 is 17.7 Å². The highest BCUT2D eigenvalue weighted by Crippen LogP contribution is 2.22. The summed E-state index contributed by atoms with van der Waals surface area (Å²) in [6, 6.07) is 4.96. The minimum absolute atomic E-state index is 0.0582. The van der Waals surface area contributed by atoms with E-state index in [1.807, 2.05) is 11.0 Å². The SMILES string of the molecule is C[C@H](NC(=O)OC(C)(C)C)C(=O)N[C@H]1CCN(c2cccnc2C#N)C1. The fourth-order valence-electron chi connectivity index (χ4n) is 2.71. The van der Waals surface area contributed by atoms with Gasteiger partial charge in [-0.1, -0.05) is 0 Å². The minimum atomic E-state index is -0.702. The van der Waals surface area contributed by atoms with Crippen molar-refractivity contribution in [3.05, 3.63) is 24.0 Å². The first-order valence-corrected chi connectivity index (χ1v) is 8.59. The number of anilines is 1. The van der Waals surface area contributed by atoms with Crippen molar-refractivity contribution in [3.8, 4) is 6.07 Å². The van der Waals surface area contributed by atoms with Crippen molar-refractivity contribution in [1.29, 1.82) is 5.26 Å². The van der Waals surface area contributed by atoms with Gasteiger partial charge in [0, 0.05) is 25.3 Å². The van der Waals surface area contributed by atoms with Gasteiger partial charge in [-0.25, -0.2) is 9.78 Å². The molecule has 0 aliphatic carbocycles. The van der Waals surface area contributed by atoms with Crippen LogP contribution in [0.2, 0.25) is 0 Å². The topological polar surface area (TPSA) is 107 Å². The number of carbonyl (C=O) groups is 2. The molecule has 2 N–H and O–H groups in total. The molecule has 1 saturated heterocycles. The number of rotatable bonds is 4. The Bertz CT molecular complexity index is 708. The maximum Gasteiger partial charge on any atom is 0.408 e. The quantitative estimate of drug-likeness (QED) is 0.845. The Balaban J connectivity index is 1.87. The lowest BCUT2D eigenvalue weighted by molar-refractivity contribution is -0.123. The summed E-state index contributed by atoms with van der Waals surface area (Å²) in [4.78, 5) is 30.2. The molecule has 0 radical (unpaired) electrons. The van der Waals surface area contributed by atoms with Gasteiger partial charge in [0.25, 0.3) is 0 Å². The van der Waals surface area contributed by atoms with Gasteiger partial charge in [0.2, 0.25) is 5.91 Å². The van der Waals surface area contributed by atoms with Crippen molar-refractivity contribution in [2.24, 2.45) is 0 Å². The van der Waals surface area contributed by atoms with Crippen molar-refractivity contribution in [3.63, 3.8) is 0 Å². The molecule has 0 bridgehead atoms. The number of carbonyl (C=O) groups excluding carboxylic acids is 2. The summed E-state index contributed by atoms with van der Waals surface area (Å²) in [5, 5.41) is 14.6. The molecule has 2 amide bonds. The molecular weight excluding hydrogens is 334 g/mol. The molecule has 26 heavy (non-hydrogen) atoms. The fraction of sp³-hybridized carbons (Fsp3) is 0.556. The maximum atomic E-state index is 12.3. The molecule has 2 atom stereocenters. The predicted molar refractivity (Wildman–Crippen MR) is 96.5 cm³/mol. The highest BCUT2D eigenvalue weighted by atomic mass is 16.6. The first-order chi connectivity index (χ1) is 12.2. The van der Waals surface area contributed by atoms with Gasteiger partial charge >= 0.3 is 6.09 Å². The summed E-state index contributed by atoms with van der Waals surface area (Å²) < 4.78 is 5.15. The van der Waals surface area contributed by atoms with Gasteiger partial charge in [0.15, 0.2) is 5.69 Å². The molecule has 0 saturated carbocycles.